The molecule has 0 aromatic heterocycles. The molecule has 0 aliphatic rings. The number of hydrogen-bond acceptors (Lipinski definition) is 2. The smallest absolute Gasteiger partial charge is 0.0634 e. The summed E-state index contributed by atoms with van der Waals surface area (Å²) in [6.07, 6.45) is 0. The molecule has 0 aliphatic carbocycles. The van der Waals surface area contributed by atoms with Crippen LogP contribution in [0.25, 0.3) is 0 Å². The van der Waals surface area contributed by atoms with Gasteiger partial charge < -0.3 is 11.1 Å². The van der Waals surface area contributed by atoms with Gasteiger partial charge in [-0.2, -0.15) is 0 Å². The first kappa shape index (κ1) is 14.1. The number of rotatable bonds is 2. The van der Waals surface area contributed by atoms with Crippen LogP contribution >= 0.6 is 57.4 Å². The van der Waals surface area contributed by atoms with E-state index in [0.29, 0.717) is 26.4 Å². The van der Waals surface area contributed by atoms with E-state index in [1.54, 1.807) is 18.2 Å². The van der Waals surface area contributed by atoms with E-state index in [2.05, 4.69) is 27.9 Å². The molecule has 0 amide bonds. The second kappa shape index (κ2) is 5.74. The Hall–Kier alpha value is -0.360. The number of halogens is 4. The fraction of sp³-hybridized carbons (Fsp3) is 0. The molecule has 0 radical (unpaired) electrons. The zero-order valence-corrected chi connectivity index (χ0v) is 13.4. The predicted molar refractivity (Wildman–Crippen MR) is 88.3 cm³/mol. The molecule has 94 valence electrons. The Balaban J connectivity index is 2.37. The number of benzene rings is 2. The maximum atomic E-state index is 5.97. The van der Waals surface area contributed by atoms with Crippen molar-refractivity contribution in [1.29, 1.82) is 0 Å². The van der Waals surface area contributed by atoms with Gasteiger partial charge in [-0.05, 0) is 52.9 Å². The molecule has 0 bridgehead atoms. The van der Waals surface area contributed by atoms with Crippen LogP contribution < -0.4 is 11.1 Å². The molecule has 6 heteroatoms. The van der Waals surface area contributed by atoms with Gasteiger partial charge in [0.1, 0.15) is 0 Å². The van der Waals surface area contributed by atoms with Crippen LogP contribution in [0.2, 0.25) is 15.1 Å². The van der Waals surface area contributed by atoms with Gasteiger partial charge in [-0.15, -0.1) is 0 Å². The average Bonchev–Trinajstić information content (AvgIpc) is 2.29. The number of nitrogens with two attached hydrogens (primary N) is 1. The van der Waals surface area contributed by atoms with Crippen LogP contribution in [-0.2, 0) is 0 Å². The molecule has 0 saturated heterocycles. The first-order valence-electron chi connectivity index (χ1n) is 4.94. The number of hydrogen-bond donors (Lipinski definition) is 2. The Morgan fingerprint density at radius 3 is 2.28 bits per heavy atom. The summed E-state index contributed by atoms with van der Waals surface area (Å²) in [4.78, 5) is 0. The zero-order valence-electron chi connectivity index (χ0n) is 8.98. The topological polar surface area (TPSA) is 38.0 Å². The lowest BCUT2D eigenvalue weighted by atomic mass is 10.2. The van der Waals surface area contributed by atoms with Gasteiger partial charge in [0.2, 0.25) is 0 Å². The lowest BCUT2D eigenvalue weighted by molar-refractivity contribution is 1.52. The van der Waals surface area contributed by atoms with Crippen molar-refractivity contribution in [1.82, 2.24) is 0 Å². The summed E-state index contributed by atoms with van der Waals surface area (Å²) in [5.74, 6) is 0. The van der Waals surface area contributed by atoms with E-state index < -0.39 is 0 Å². The van der Waals surface area contributed by atoms with Crippen LogP contribution in [0, 0.1) is 3.57 Å². The highest BCUT2D eigenvalue weighted by Crippen LogP contribution is 2.34. The van der Waals surface area contributed by atoms with Gasteiger partial charge in [0.05, 0.1) is 27.1 Å². The first-order chi connectivity index (χ1) is 8.47. The van der Waals surface area contributed by atoms with Gasteiger partial charge >= 0.3 is 0 Å². The largest absolute Gasteiger partial charge is 0.397 e. The van der Waals surface area contributed by atoms with Crippen molar-refractivity contribution in [3.05, 3.63) is 49.0 Å². The highest BCUT2D eigenvalue weighted by molar-refractivity contribution is 14.1. The molecule has 0 spiro atoms. The highest BCUT2D eigenvalue weighted by atomic mass is 127. The molecule has 0 heterocycles. The van der Waals surface area contributed by atoms with Crippen LogP contribution in [-0.4, -0.2) is 0 Å². The van der Waals surface area contributed by atoms with Crippen molar-refractivity contribution in [2.45, 2.75) is 0 Å². The van der Waals surface area contributed by atoms with Crippen molar-refractivity contribution in [3.63, 3.8) is 0 Å². The van der Waals surface area contributed by atoms with Crippen molar-refractivity contribution in [3.8, 4) is 0 Å². The molecule has 0 atom stereocenters. The lowest BCUT2D eigenvalue weighted by Gasteiger charge is -2.12. The van der Waals surface area contributed by atoms with Crippen molar-refractivity contribution in [2.24, 2.45) is 0 Å². The number of nitrogens with one attached hydrogen (secondary N) is 1. The summed E-state index contributed by atoms with van der Waals surface area (Å²) in [6, 6.07) is 8.86. The zero-order chi connectivity index (χ0) is 13.3. The normalized spacial score (nSPS) is 10.4. The van der Waals surface area contributed by atoms with Crippen molar-refractivity contribution < 1.29 is 0 Å². The lowest BCUT2D eigenvalue weighted by Crippen LogP contribution is -1.98. The second-order valence-electron chi connectivity index (χ2n) is 3.60. The third kappa shape index (κ3) is 3.15. The summed E-state index contributed by atoms with van der Waals surface area (Å²) in [7, 11) is 0. The Bertz CT molecular complexity index is 602. The summed E-state index contributed by atoms with van der Waals surface area (Å²) >= 11 is 19.9. The van der Waals surface area contributed by atoms with Crippen molar-refractivity contribution >= 4 is 74.5 Å². The van der Waals surface area contributed by atoms with E-state index in [1.165, 1.54) is 0 Å². The van der Waals surface area contributed by atoms with E-state index >= 15 is 0 Å². The van der Waals surface area contributed by atoms with Gasteiger partial charge in [0, 0.05) is 8.59 Å². The fourth-order valence-electron chi connectivity index (χ4n) is 1.41. The first-order valence-corrected chi connectivity index (χ1v) is 7.15. The van der Waals surface area contributed by atoms with Crippen LogP contribution in [0.3, 0.4) is 0 Å². The summed E-state index contributed by atoms with van der Waals surface area (Å²) in [5.41, 5.74) is 8.04. The number of nitrogen functional groups attached to an aromatic ring is 1. The minimum Gasteiger partial charge on any atom is -0.397 e. The molecule has 0 aliphatic heterocycles. The SMILES string of the molecule is Nc1cc(Cl)c(Cl)cc1Nc1ccc(Cl)cc1I. The van der Waals surface area contributed by atoms with E-state index in [9.17, 15) is 0 Å². The van der Waals surface area contributed by atoms with E-state index in [4.69, 9.17) is 40.5 Å². The fourth-order valence-corrected chi connectivity index (χ4v) is 2.75. The van der Waals surface area contributed by atoms with Gasteiger partial charge in [0.25, 0.3) is 0 Å². The maximum Gasteiger partial charge on any atom is 0.0634 e. The van der Waals surface area contributed by atoms with E-state index in [-0.39, 0.29) is 0 Å². The van der Waals surface area contributed by atoms with Crippen molar-refractivity contribution in [2.75, 3.05) is 11.1 Å². The Labute approximate surface area is 134 Å². The quantitative estimate of drug-likeness (QED) is 0.498. The molecule has 0 unspecified atom stereocenters. The van der Waals surface area contributed by atoms with Crippen LogP contribution in [0.1, 0.15) is 0 Å². The highest BCUT2D eigenvalue weighted by Gasteiger charge is 2.07. The standard InChI is InChI=1S/C12H8Cl3IN2/c13-6-1-2-11(9(16)3-6)18-12-5-8(15)7(14)4-10(12)17/h1-5,18H,17H2. The molecular formula is C12H8Cl3IN2. The molecule has 3 N–H and O–H groups in total. The minimum absolute atomic E-state index is 0.436. The molecule has 2 aromatic rings. The Morgan fingerprint density at radius 2 is 1.61 bits per heavy atom. The molecule has 18 heavy (non-hydrogen) atoms. The van der Waals surface area contributed by atoms with E-state index in [1.807, 2.05) is 12.1 Å². The Morgan fingerprint density at radius 1 is 0.944 bits per heavy atom. The summed E-state index contributed by atoms with van der Waals surface area (Å²) in [5, 5.41) is 4.78. The third-order valence-electron chi connectivity index (χ3n) is 2.29. The molecule has 2 rings (SSSR count). The second-order valence-corrected chi connectivity index (χ2v) is 6.02. The maximum absolute atomic E-state index is 5.97. The third-order valence-corrected chi connectivity index (χ3v) is 4.14. The Kier molecular flexibility index (Phi) is 4.48. The van der Waals surface area contributed by atoms with Gasteiger partial charge in [0.15, 0.2) is 0 Å². The average molecular weight is 413 g/mol. The van der Waals surface area contributed by atoms with Crippen LogP contribution in [0.4, 0.5) is 17.1 Å². The molecule has 2 nitrogen and oxygen atoms in total. The summed E-state index contributed by atoms with van der Waals surface area (Å²) < 4.78 is 0.991. The van der Waals surface area contributed by atoms with E-state index in [0.717, 1.165) is 9.26 Å². The van der Waals surface area contributed by atoms with Gasteiger partial charge in [-0.1, -0.05) is 34.8 Å². The monoisotopic (exact) mass is 412 g/mol. The number of anilines is 3. The molecule has 2 aromatic carbocycles. The van der Waals surface area contributed by atoms with Crippen LogP contribution in [0.15, 0.2) is 30.3 Å². The minimum atomic E-state index is 0.436. The molecule has 0 saturated carbocycles. The van der Waals surface area contributed by atoms with Gasteiger partial charge in [-0.25, -0.2) is 0 Å². The van der Waals surface area contributed by atoms with Gasteiger partial charge in [-0.3, -0.25) is 0 Å². The molecular weight excluding hydrogens is 405 g/mol. The summed E-state index contributed by atoms with van der Waals surface area (Å²) in [6.45, 7) is 0. The molecule has 0 fully saturated rings. The van der Waals surface area contributed by atoms with Crippen LogP contribution in [0.5, 0.6) is 0 Å². The predicted octanol–water partition coefficient (Wildman–Crippen LogP) is 5.58.